The third kappa shape index (κ3) is 10.7. The van der Waals surface area contributed by atoms with E-state index in [2.05, 4.69) is 97.4 Å². The summed E-state index contributed by atoms with van der Waals surface area (Å²) < 4.78 is 34.3. The minimum atomic E-state index is -2.85. The van der Waals surface area contributed by atoms with Crippen LogP contribution in [-0.4, -0.2) is 94.7 Å². The summed E-state index contributed by atoms with van der Waals surface area (Å²) in [6.45, 7) is 24.1. The van der Waals surface area contributed by atoms with Gasteiger partial charge >= 0.3 is 0 Å². The van der Waals surface area contributed by atoms with E-state index in [0.717, 1.165) is 86.8 Å². The number of alkyl halides is 2. The summed E-state index contributed by atoms with van der Waals surface area (Å²) >= 11 is 0. The Bertz CT molecular complexity index is 1830. The maximum atomic E-state index is 14.2. The number of allylic oxidation sites excluding steroid dienone is 3. The molecule has 7 rings (SSSR count). The highest BCUT2D eigenvalue weighted by Gasteiger charge is 2.24. The van der Waals surface area contributed by atoms with Gasteiger partial charge in [0.1, 0.15) is 29.3 Å². The molecule has 11 nitrogen and oxygen atoms in total. The van der Waals surface area contributed by atoms with Crippen molar-refractivity contribution in [3.05, 3.63) is 83.2 Å². The molecular formula is C40H56F2N10O. The zero-order valence-corrected chi connectivity index (χ0v) is 32.3. The van der Waals surface area contributed by atoms with Crippen LogP contribution in [0.4, 0.5) is 26.1 Å². The normalized spacial score (nSPS) is 17.8. The summed E-state index contributed by atoms with van der Waals surface area (Å²) in [5, 5.41) is 10.5. The smallest absolute Gasteiger partial charge is 0.272 e. The molecule has 0 aliphatic carbocycles. The second kappa shape index (κ2) is 18.8. The van der Waals surface area contributed by atoms with Crippen LogP contribution >= 0.6 is 0 Å². The second-order valence-corrected chi connectivity index (χ2v) is 13.7. The van der Waals surface area contributed by atoms with Crippen LogP contribution in [0.15, 0.2) is 66.4 Å². The van der Waals surface area contributed by atoms with Crippen LogP contribution in [0, 0.1) is 13.8 Å². The number of H-pyrrole nitrogens is 1. The quantitative estimate of drug-likeness (QED) is 0.144. The average molecular weight is 731 g/mol. The van der Waals surface area contributed by atoms with Crippen LogP contribution in [-0.2, 0) is 0 Å². The number of hydrogen-bond acceptors (Lipinski definition) is 10. The molecule has 13 heteroatoms. The number of anilines is 3. The maximum absolute atomic E-state index is 14.2. The van der Waals surface area contributed by atoms with Gasteiger partial charge in [-0.05, 0) is 84.8 Å². The summed E-state index contributed by atoms with van der Waals surface area (Å²) in [5.74, 6) is 0.641. The van der Waals surface area contributed by atoms with Gasteiger partial charge in [0.25, 0.3) is 6.43 Å². The fourth-order valence-corrected chi connectivity index (χ4v) is 6.59. The summed E-state index contributed by atoms with van der Waals surface area (Å²) in [6, 6.07) is 10.00. The van der Waals surface area contributed by atoms with Crippen LogP contribution in [0.5, 0.6) is 11.6 Å². The molecule has 0 spiro atoms. The Labute approximate surface area is 312 Å². The van der Waals surface area contributed by atoms with E-state index in [1.54, 1.807) is 18.3 Å². The molecule has 0 bridgehead atoms. The van der Waals surface area contributed by atoms with Crippen LogP contribution in [0.2, 0.25) is 0 Å². The van der Waals surface area contributed by atoms with E-state index in [1.165, 1.54) is 24.1 Å². The van der Waals surface area contributed by atoms with E-state index in [1.807, 2.05) is 32.0 Å². The zero-order valence-electron chi connectivity index (χ0n) is 32.3. The first-order valence-corrected chi connectivity index (χ1v) is 18.7. The lowest BCUT2D eigenvalue weighted by atomic mass is 10.1. The fraction of sp³-hybridized carbons (Fsp3) is 0.475. The first kappa shape index (κ1) is 39.5. The van der Waals surface area contributed by atoms with E-state index >= 15 is 0 Å². The Morgan fingerprint density at radius 1 is 1.02 bits per heavy atom. The van der Waals surface area contributed by atoms with Crippen molar-refractivity contribution in [3.63, 3.8) is 0 Å². The standard InChI is InChI=1S/C26H29F2N7O.C8H16N2.C6H11N/c1-4-34-9-11-35(12-10-34)18-5-8-22(29-14-18)33-25-23(24(27)28)26(31-15-30-25)36-21-7-6-20-19(17(21)3)13-16(2)32-20;1-3-8(2)10-6-4-9-5-7-10;1-5-3-4-6(2)7-5/h5-8,13-15,24,32H,4,9-12H2,1-3H3,(H,29,30,31,33);3,9H,4-7H2,1-2H3;3,6-7H,4H2,1-2H3/b;8-3+;. The largest absolute Gasteiger partial charge is 0.438 e. The molecule has 4 N–H and O–H groups in total. The van der Waals surface area contributed by atoms with Gasteiger partial charge in [0, 0.05) is 92.0 Å². The third-order valence-electron chi connectivity index (χ3n) is 9.89. The minimum Gasteiger partial charge on any atom is -0.438 e. The summed E-state index contributed by atoms with van der Waals surface area (Å²) in [5.41, 5.74) is 6.12. The van der Waals surface area contributed by atoms with Gasteiger partial charge in [-0.15, -0.1) is 0 Å². The van der Waals surface area contributed by atoms with E-state index in [4.69, 9.17) is 4.74 Å². The number of halogens is 2. The van der Waals surface area contributed by atoms with Crippen molar-refractivity contribution < 1.29 is 13.5 Å². The lowest BCUT2D eigenvalue weighted by molar-refractivity contribution is 0.147. The van der Waals surface area contributed by atoms with Crippen LogP contribution < -0.4 is 25.6 Å². The molecule has 6 heterocycles. The second-order valence-electron chi connectivity index (χ2n) is 13.7. The number of nitrogens with one attached hydrogen (secondary N) is 4. The molecule has 3 aromatic heterocycles. The molecule has 53 heavy (non-hydrogen) atoms. The van der Waals surface area contributed by atoms with Crippen molar-refractivity contribution in [1.29, 1.82) is 0 Å². The van der Waals surface area contributed by atoms with Crippen molar-refractivity contribution >= 4 is 28.2 Å². The minimum absolute atomic E-state index is 0.0389. The van der Waals surface area contributed by atoms with E-state index in [-0.39, 0.29) is 11.7 Å². The van der Waals surface area contributed by atoms with Crippen LogP contribution in [0.3, 0.4) is 0 Å². The van der Waals surface area contributed by atoms with E-state index < -0.39 is 12.0 Å². The molecule has 1 aromatic carbocycles. The number of piperazine rings is 2. The number of nitrogens with zero attached hydrogens (tertiary/aromatic N) is 6. The molecule has 3 aliphatic rings. The Balaban J connectivity index is 0.000000260. The summed E-state index contributed by atoms with van der Waals surface area (Å²) in [4.78, 5) is 22.9. The Morgan fingerprint density at radius 2 is 1.77 bits per heavy atom. The Kier molecular flexibility index (Phi) is 14.0. The molecular weight excluding hydrogens is 675 g/mol. The summed E-state index contributed by atoms with van der Waals surface area (Å²) in [6.07, 6.45) is 5.71. The number of ether oxygens (including phenoxy) is 1. The number of aromatic nitrogens is 4. The van der Waals surface area contributed by atoms with Gasteiger partial charge in [0.05, 0.1) is 11.9 Å². The summed E-state index contributed by atoms with van der Waals surface area (Å²) in [7, 11) is 0. The molecule has 1 atom stereocenters. The lowest BCUT2D eigenvalue weighted by Gasteiger charge is -2.35. The fourth-order valence-electron chi connectivity index (χ4n) is 6.59. The van der Waals surface area contributed by atoms with Gasteiger partial charge in [-0.2, -0.15) is 0 Å². The van der Waals surface area contributed by atoms with Gasteiger partial charge in [0.2, 0.25) is 5.88 Å². The molecule has 0 radical (unpaired) electrons. The molecule has 2 saturated heterocycles. The van der Waals surface area contributed by atoms with Crippen molar-refractivity contribution in [3.8, 4) is 11.6 Å². The van der Waals surface area contributed by atoms with Gasteiger partial charge < -0.3 is 40.4 Å². The predicted molar refractivity (Wildman–Crippen MR) is 212 cm³/mol. The number of aromatic amines is 1. The van der Waals surface area contributed by atoms with Crippen LogP contribution in [0.25, 0.3) is 10.9 Å². The maximum Gasteiger partial charge on any atom is 0.272 e. The first-order valence-electron chi connectivity index (χ1n) is 18.7. The number of rotatable bonds is 8. The molecule has 0 saturated carbocycles. The topological polar surface area (TPSA) is 110 Å². The number of fused-ring (bicyclic) bond motifs is 1. The monoisotopic (exact) mass is 730 g/mol. The number of hydrogen-bond donors (Lipinski definition) is 4. The highest BCUT2D eigenvalue weighted by molar-refractivity contribution is 5.86. The average Bonchev–Trinajstić information content (AvgIpc) is 3.76. The van der Waals surface area contributed by atoms with Gasteiger partial charge in [-0.3, -0.25) is 0 Å². The predicted octanol–water partition coefficient (Wildman–Crippen LogP) is 7.67. The highest BCUT2D eigenvalue weighted by atomic mass is 19.3. The molecule has 1 unspecified atom stereocenters. The highest BCUT2D eigenvalue weighted by Crippen LogP contribution is 2.38. The molecule has 286 valence electrons. The lowest BCUT2D eigenvalue weighted by Crippen LogP contribution is -2.46. The number of pyridine rings is 1. The van der Waals surface area contributed by atoms with Gasteiger partial charge in [0.15, 0.2) is 0 Å². The van der Waals surface area contributed by atoms with Crippen LogP contribution in [0.1, 0.15) is 64.3 Å². The number of likely N-dealkylation sites (N-methyl/N-ethyl adjacent to an activating group) is 1. The molecule has 0 amide bonds. The van der Waals surface area contributed by atoms with E-state index in [0.29, 0.717) is 17.6 Å². The number of benzene rings is 1. The van der Waals surface area contributed by atoms with Crippen molar-refractivity contribution in [2.24, 2.45) is 0 Å². The molecule has 3 aliphatic heterocycles. The zero-order chi connectivity index (χ0) is 37.9. The third-order valence-corrected chi connectivity index (χ3v) is 9.89. The van der Waals surface area contributed by atoms with Crippen molar-refractivity contribution in [2.45, 2.75) is 67.4 Å². The van der Waals surface area contributed by atoms with Gasteiger partial charge in [-0.1, -0.05) is 19.1 Å². The first-order chi connectivity index (χ1) is 25.6. The SMILES string of the molecule is C/C=C(\C)N1CCNCC1.CC1=CCC(C)N1.CCN1CCN(c2ccc(Nc3ncnc(Oc4ccc5[nH]c(C)cc5c4C)c3C(F)F)nc2)CC1. The molecule has 4 aromatic rings. The molecule has 2 fully saturated rings. The van der Waals surface area contributed by atoms with E-state index in [9.17, 15) is 8.78 Å². The Morgan fingerprint density at radius 3 is 2.36 bits per heavy atom. The number of aryl methyl sites for hydroxylation is 2. The van der Waals surface area contributed by atoms with Crippen molar-refractivity contribution in [2.75, 3.05) is 69.1 Å². The van der Waals surface area contributed by atoms with Crippen molar-refractivity contribution in [1.82, 2.24) is 40.4 Å². The Hall–Kier alpha value is -4.75. The van der Waals surface area contributed by atoms with Gasteiger partial charge in [-0.25, -0.2) is 23.7 Å².